The summed E-state index contributed by atoms with van der Waals surface area (Å²) in [4.78, 5) is 28.3. The molecule has 2 amide bonds. The van der Waals surface area contributed by atoms with Crippen LogP contribution in [0.1, 0.15) is 39.2 Å². The quantitative estimate of drug-likeness (QED) is 0.491. The van der Waals surface area contributed by atoms with Gasteiger partial charge in [-0.2, -0.15) is 0 Å². The summed E-state index contributed by atoms with van der Waals surface area (Å²) in [6, 6.07) is 13.3. The molecule has 0 saturated heterocycles. The van der Waals surface area contributed by atoms with Crippen molar-refractivity contribution in [2.24, 2.45) is 0 Å². The average molecular weight is 518 g/mol. The first-order valence-corrected chi connectivity index (χ1v) is 14.0. The van der Waals surface area contributed by atoms with E-state index in [1.165, 1.54) is 4.90 Å². The molecule has 2 unspecified atom stereocenters. The van der Waals surface area contributed by atoms with Crippen molar-refractivity contribution < 1.29 is 27.5 Å². The average Bonchev–Trinajstić information content (AvgIpc) is 2.86. The van der Waals surface area contributed by atoms with Crippen LogP contribution in [0.3, 0.4) is 0 Å². The summed E-state index contributed by atoms with van der Waals surface area (Å²) >= 11 is 0. The number of sulfonamides is 1. The Morgan fingerprint density at radius 1 is 1.00 bits per heavy atom. The minimum absolute atomic E-state index is 0.0505. The molecule has 2 aromatic carbocycles. The number of benzene rings is 2. The Morgan fingerprint density at radius 2 is 1.67 bits per heavy atom. The first-order valence-electron chi connectivity index (χ1n) is 12.1. The van der Waals surface area contributed by atoms with Crippen LogP contribution in [-0.4, -0.2) is 63.2 Å². The molecule has 0 aliphatic carbocycles. The van der Waals surface area contributed by atoms with Crippen LogP contribution in [0.2, 0.25) is 0 Å². The number of ether oxygens (including phenoxy) is 2. The van der Waals surface area contributed by atoms with E-state index in [2.05, 4.69) is 5.32 Å². The van der Waals surface area contributed by atoms with E-state index in [0.29, 0.717) is 31.1 Å². The van der Waals surface area contributed by atoms with Gasteiger partial charge in [-0.15, -0.1) is 0 Å². The van der Waals surface area contributed by atoms with E-state index in [9.17, 15) is 18.0 Å². The number of carbonyl (C=O) groups is 2. The lowest BCUT2D eigenvalue weighted by atomic mass is 10.1. The fourth-order valence-corrected chi connectivity index (χ4v) is 4.78. The van der Waals surface area contributed by atoms with Gasteiger partial charge in [0.15, 0.2) is 11.5 Å². The van der Waals surface area contributed by atoms with Crippen molar-refractivity contribution in [3.63, 3.8) is 0 Å². The number of amides is 2. The van der Waals surface area contributed by atoms with Crippen molar-refractivity contribution in [1.29, 1.82) is 0 Å². The van der Waals surface area contributed by atoms with E-state index >= 15 is 0 Å². The van der Waals surface area contributed by atoms with E-state index in [0.717, 1.165) is 22.5 Å². The molecule has 1 heterocycles. The Balaban J connectivity index is 1.93. The zero-order valence-electron chi connectivity index (χ0n) is 21.3. The maximum atomic E-state index is 13.7. The van der Waals surface area contributed by atoms with Gasteiger partial charge in [-0.3, -0.25) is 13.9 Å². The van der Waals surface area contributed by atoms with E-state index in [4.69, 9.17) is 9.47 Å². The number of carbonyl (C=O) groups excluding carboxylic acids is 2. The number of nitrogens with zero attached hydrogens (tertiary/aromatic N) is 2. The largest absolute Gasteiger partial charge is 0.486 e. The van der Waals surface area contributed by atoms with Crippen LogP contribution in [0.25, 0.3) is 0 Å². The Hall–Kier alpha value is -3.27. The van der Waals surface area contributed by atoms with Crippen molar-refractivity contribution in [1.82, 2.24) is 10.2 Å². The molecule has 2 aromatic rings. The van der Waals surface area contributed by atoms with Crippen LogP contribution in [0.5, 0.6) is 11.5 Å². The normalized spacial score (nSPS) is 14.4. The molecule has 1 aliphatic heterocycles. The molecule has 0 aromatic heterocycles. The number of fused-ring (bicyclic) bond motifs is 1. The molecule has 0 bridgehead atoms. The smallest absolute Gasteiger partial charge is 0.244 e. The van der Waals surface area contributed by atoms with Gasteiger partial charge < -0.3 is 19.7 Å². The molecule has 2 atom stereocenters. The van der Waals surface area contributed by atoms with Gasteiger partial charge in [-0.1, -0.05) is 44.2 Å². The highest BCUT2D eigenvalue weighted by atomic mass is 32.2. The van der Waals surface area contributed by atoms with Crippen molar-refractivity contribution in [2.45, 2.75) is 52.2 Å². The highest BCUT2D eigenvalue weighted by Crippen LogP contribution is 2.34. The lowest BCUT2D eigenvalue weighted by molar-refractivity contribution is -0.140. The summed E-state index contributed by atoms with van der Waals surface area (Å²) in [5.74, 6) is 0.190. The predicted octanol–water partition coefficient (Wildman–Crippen LogP) is 2.95. The van der Waals surface area contributed by atoms with Gasteiger partial charge in [0.1, 0.15) is 25.8 Å². The molecule has 9 nitrogen and oxygen atoms in total. The topological polar surface area (TPSA) is 105 Å². The van der Waals surface area contributed by atoms with E-state index in [-0.39, 0.29) is 24.2 Å². The minimum atomic E-state index is -3.83. The maximum absolute atomic E-state index is 13.7. The van der Waals surface area contributed by atoms with Crippen LogP contribution in [-0.2, 0) is 26.2 Å². The molecule has 3 rings (SSSR count). The molecule has 0 saturated carbocycles. The summed E-state index contributed by atoms with van der Waals surface area (Å²) in [5, 5.41) is 2.96. The summed E-state index contributed by atoms with van der Waals surface area (Å²) in [6.45, 7) is 6.18. The number of nitrogens with one attached hydrogen (secondary N) is 1. The van der Waals surface area contributed by atoms with E-state index in [1.54, 1.807) is 18.2 Å². The minimum Gasteiger partial charge on any atom is -0.486 e. The first kappa shape index (κ1) is 27.3. The summed E-state index contributed by atoms with van der Waals surface area (Å²) in [6.07, 6.45) is 2.18. The van der Waals surface area contributed by atoms with E-state index < -0.39 is 28.5 Å². The van der Waals surface area contributed by atoms with Gasteiger partial charge in [-0.05, 0) is 37.5 Å². The Labute approximate surface area is 213 Å². The van der Waals surface area contributed by atoms with Gasteiger partial charge in [0.05, 0.1) is 11.9 Å². The third-order valence-electron chi connectivity index (χ3n) is 6.08. The Morgan fingerprint density at radius 3 is 2.28 bits per heavy atom. The molecular weight excluding hydrogens is 482 g/mol. The van der Waals surface area contributed by atoms with E-state index in [1.807, 2.05) is 51.1 Å². The van der Waals surface area contributed by atoms with Gasteiger partial charge in [0, 0.05) is 18.7 Å². The standard InChI is InChI=1S/C26H35N3O6S/c1-5-19(3)27-26(31)22(6-2)28(17-20-10-8-7-9-11-20)25(30)18-29(36(4,32)33)21-12-13-23-24(16-21)35-15-14-34-23/h7-13,16,19,22H,5-6,14-15,17-18H2,1-4H3,(H,27,31). The number of hydrogen-bond acceptors (Lipinski definition) is 6. The molecule has 36 heavy (non-hydrogen) atoms. The van der Waals surface area contributed by atoms with Crippen molar-refractivity contribution in [3.8, 4) is 11.5 Å². The van der Waals surface area contributed by atoms with Gasteiger partial charge in [-0.25, -0.2) is 8.42 Å². The monoisotopic (exact) mass is 517 g/mol. The molecule has 1 aliphatic rings. The second kappa shape index (κ2) is 12.1. The van der Waals surface area contributed by atoms with Crippen molar-refractivity contribution >= 4 is 27.5 Å². The number of hydrogen-bond donors (Lipinski definition) is 1. The second-order valence-corrected chi connectivity index (χ2v) is 10.8. The Bertz CT molecular complexity index is 1160. The lowest BCUT2D eigenvalue weighted by Crippen LogP contribution is -2.53. The van der Waals surface area contributed by atoms with Crippen LogP contribution >= 0.6 is 0 Å². The molecule has 10 heteroatoms. The molecule has 0 spiro atoms. The number of rotatable bonds is 11. The van der Waals surface area contributed by atoms with Crippen LogP contribution in [0, 0.1) is 0 Å². The van der Waals surface area contributed by atoms with Gasteiger partial charge >= 0.3 is 0 Å². The lowest BCUT2D eigenvalue weighted by Gasteiger charge is -2.33. The van der Waals surface area contributed by atoms with Crippen LogP contribution in [0.15, 0.2) is 48.5 Å². The van der Waals surface area contributed by atoms with Crippen molar-refractivity contribution in [2.75, 3.05) is 30.3 Å². The molecule has 0 radical (unpaired) electrons. The number of anilines is 1. The highest BCUT2D eigenvalue weighted by Gasteiger charge is 2.32. The highest BCUT2D eigenvalue weighted by molar-refractivity contribution is 7.92. The SMILES string of the molecule is CCC(C)NC(=O)C(CC)N(Cc1ccccc1)C(=O)CN(c1ccc2c(c1)OCCO2)S(C)(=O)=O. The molecule has 1 N–H and O–H groups in total. The summed E-state index contributed by atoms with van der Waals surface area (Å²) < 4.78 is 37.7. The molecule has 0 fully saturated rings. The fourth-order valence-electron chi connectivity index (χ4n) is 3.94. The third kappa shape index (κ3) is 6.90. The zero-order chi connectivity index (χ0) is 26.3. The maximum Gasteiger partial charge on any atom is 0.244 e. The molecular formula is C26H35N3O6S. The molecule has 196 valence electrons. The fraction of sp³-hybridized carbons (Fsp3) is 0.462. The Kier molecular flexibility index (Phi) is 9.19. The second-order valence-electron chi connectivity index (χ2n) is 8.85. The first-order chi connectivity index (χ1) is 17.1. The van der Waals surface area contributed by atoms with Crippen LogP contribution < -0.4 is 19.1 Å². The summed E-state index contributed by atoms with van der Waals surface area (Å²) in [7, 11) is -3.83. The van der Waals surface area contributed by atoms with Crippen molar-refractivity contribution in [3.05, 3.63) is 54.1 Å². The zero-order valence-corrected chi connectivity index (χ0v) is 22.1. The predicted molar refractivity (Wildman–Crippen MR) is 139 cm³/mol. The van der Waals surface area contributed by atoms with Gasteiger partial charge in [0.2, 0.25) is 21.8 Å². The third-order valence-corrected chi connectivity index (χ3v) is 7.22. The van der Waals surface area contributed by atoms with Gasteiger partial charge in [0.25, 0.3) is 0 Å². The van der Waals surface area contributed by atoms with Crippen LogP contribution in [0.4, 0.5) is 5.69 Å². The summed E-state index contributed by atoms with van der Waals surface area (Å²) in [5.41, 5.74) is 1.12.